The normalized spacial score (nSPS) is 29.4. The number of nitrogens with one attached hydrogen (secondary N) is 3. The fraction of sp³-hybridized carbons (Fsp3) is 0.481. The quantitative estimate of drug-likeness (QED) is 0.521. The van der Waals surface area contributed by atoms with Gasteiger partial charge in [0.1, 0.15) is 28.9 Å². The number of thiazole rings is 1. The number of nitrogens with zero attached hydrogens (tertiary/aromatic N) is 3. The molecule has 3 aliphatic rings. The molecule has 206 valence electrons. The number of ether oxygens (including phenoxy) is 1. The summed E-state index contributed by atoms with van der Waals surface area (Å²) in [6.07, 6.45) is 0.0246. The van der Waals surface area contributed by atoms with Gasteiger partial charge in [-0.1, -0.05) is 44.2 Å². The molecule has 3 N–H and O–H groups in total. The summed E-state index contributed by atoms with van der Waals surface area (Å²) in [6.45, 7) is 7.54. The fourth-order valence-corrected chi connectivity index (χ4v) is 6.59. The molecule has 3 aliphatic heterocycles. The summed E-state index contributed by atoms with van der Waals surface area (Å²) in [5, 5.41) is 12.1. The van der Waals surface area contributed by atoms with Crippen molar-refractivity contribution >= 4 is 51.8 Å². The van der Waals surface area contributed by atoms with Crippen LogP contribution in [0.25, 0.3) is 0 Å². The third-order valence-corrected chi connectivity index (χ3v) is 9.06. The minimum atomic E-state index is -0.754. The molecule has 1 aromatic carbocycles. The number of aliphatic imine (C=N–C) groups is 2. The van der Waals surface area contributed by atoms with Crippen LogP contribution < -0.4 is 16.0 Å². The number of carbonyl (C=O) groups is 3. The lowest BCUT2D eigenvalue weighted by Crippen LogP contribution is -2.45. The summed E-state index contributed by atoms with van der Waals surface area (Å²) in [7, 11) is 0. The largest absolute Gasteiger partial charge is 0.474 e. The van der Waals surface area contributed by atoms with Crippen LogP contribution in [0.15, 0.2) is 45.7 Å². The fourth-order valence-electron chi connectivity index (χ4n) is 4.68. The second-order valence-corrected chi connectivity index (χ2v) is 12.2. The van der Waals surface area contributed by atoms with Gasteiger partial charge >= 0.3 is 0 Å². The Kier molecular flexibility index (Phi) is 8.03. The average molecular weight is 569 g/mol. The Morgan fingerprint density at radius 1 is 1.03 bits per heavy atom. The summed E-state index contributed by atoms with van der Waals surface area (Å²) in [5.41, 5.74) is 1.29. The summed E-state index contributed by atoms with van der Waals surface area (Å²) in [6, 6.07) is 7.14. The first-order chi connectivity index (χ1) is 18.7. The van der Waals surface area contributed by atoms with Crippen LogP contribution in [0.4, 0.5) is 0 Å². The van der Waals surface area contributed by atoms with E-state index >= 15 is 0 Å². The topological polar surface area (TPSA) is 134 Å². The third-order valence-electron chi connectivity index (χ3n) is 6.86. The molecule has 0 saturated heterocycles. The van der Waals surface area contributed by atoms with Crippen LogP contribution in [0.1, 0.15) is 54.8 Å². The average Bonchev–Trinajstić information content (AvgIpc) is 3.66. The van der Waals surface area contributed by atoms with Crippen molar-refractivity contribution < 1.29 is 19.1 Å². The van der Waals surface area contributed by atoms with Gasteiger partial charge in [-0.15, -0.1) is 23.1 Å². The molecule has 0 fully saturated rings. The Morgan fingerprint density at radius 2 is 1.79 bits per heavy atom. The maximum Gasteiger partial charge on any atom is 0.271 e. The molecule has 0 aliphatic carbocycles. The highest BCUT2D eigenvalue weighted by molar-refractivity contribution is 8.14. The maximum absolute atomic E-state index is 13.3. The second kappa shape index (κ2) is 11.5. The second-order valence-electron chi connectivity index (χ2n) is 10.3. The van der Waals surface area contributed by atoms with Gasteiger partial charge in [0.2, 0.25) is 17.7 Å². The van der Waals surface area contributed by atoms with Gasteiger partial charge in [-0.3, -0.25) is 19.4 Å². The van der Waals surface area contributed by atoms with Crippen LogP contribution in [0.5, 0.6) is 0 Å². The number of hydrogen-bond donors (Lipinski definition) is 3. The van der Waals surface area contributed by atoms with Gasteiger partial charge in [0.05, 0.1) is 17.1 Å². The molecule has 0 spiro atoms. The Bertz CT molecular complexity index is 1310. The molecule has 6 atom stereocenters. The monoisotopic (exact) mass is 568 g/mol. The van der Waals surface area contributed by atoms with Gasteiger partial charge in [-0.25, -0.2) is 9.98 Å². The number of rotatable bonds is 3. The van der Waals surface area contributed by atoms with E-state index in [0.717, 1.165) is 5.56 Å². The van der Waals surface area contributed by atoms with E-state index in [2.05, 4.69) is 30.9 Å². The number of aromatic nitrogens is 1. The molecule has 0 radical (unpaired) electrons. The molecular weight excluding hydrogens is 536 g/mol. The van der Waals surface area contributed by atoms with Crippen molar-refractivity contribution in [1.29, 1.82) is 0 Å². The molecule has 6 bridgehead atoms. The van der Waals surface area contributed by atoms with Crippen LogP contribution in [-0.2, 0) is 20.7 Å². The zero-order chi connectivity index (χ0) is 27.7. The van der Waals surface area contributed by atoms with E-state index in [4.69, 9.17) is 4.74 Å². The van der Waals surface area contributed by atoms with E-state index in [1.54, 1.807) is 12.3 Å². The van der Waals surface area contributed by atoms with Gasteiger partial charge in [0, 0.05) is 11.1 Å². The molecule has 1 aromatic heterocycles. The van der Waals surface area contributed by atoms with Crippen molar-refractivity contribution in [3.63, 3.8) is 0 Å². The Labute approximate surface area is 235 Å². The lowest BCUT2D eigenvalue weighted by atomic mass is 10.0. The standard InChI is InChI=1S/C27H32N6O4S2/c1-13(2)20-25-33-21(15(4)37-25)24(36)28-14(3)26-30-18(11-38-26)22(34)29-17(10-16-8-6-5-7-9-16)27-31-19(12-39-27)23(35)32-20/h5-9,12-15,17-18,20-21H,10-11H2,1-4H3,(H,28,36)(H,29,34)(H,32,35)/t14-,15+,17-,18-,20-,21+/m1/s1. The minimum Gasteiger partial charge on any atom is -0.474 e. The number of carbonyl (C=O) groups excluding carboxylic acids is 3. The highest BCUT2D eigenvalue weighted by atomic mass is 32.2. The molecule has 10 nitrogen and oxygen atoms in total. The summed E-state index contributed by atoms with van der Waals surface area (Å²) in [5.74, 6) is -0.113. The molecule has 0 saturated carbocycles. The Balaban J connectivity index is 1.50. The number of fused-ring (bicyclic) bond motifs is 4. The van der Waals surface area contributed by atoms with Gasteiger partial charge in [-0.2, -0.15) is 0 Å². The predicted octanol–water partition coefficient (Wildman–Crippen LogP) is 2.52. The van der Waals surface area contributed by atoms with Gasteiger partial charge in [0.25, 0.3) is 5.91 Å². The van der Waals surface area contributed by atoms with Gasteiger partial charge in [-0.05, 0) is 31.7 Å². The Morgan fingerprint density at radius 3 is 2.54 bits per heavy atom. The van der Waals surface area contributed by atoms with Crippen LogP contribution in [0.3, 0.4) is 0 Å². The minimum absolute atomic E-state index is 0.0457. The van der Waals surface area contributed by atoms with E-state index in [-0.39, 0.29) is 35.4 Å². The van der Waals surface area contributed by atoms with Crippen molar-refractivity contribution in [2.75, 3.05) is 5.75 Å². The number of thioether (sulfide) groups is 1. The lowest BCUT2D eigenvalue weighted by molar-refractivity contribution is -0.124. The van der Waals surface area contributed by atoms with Crippen molar-refractivity contribution in [3.05, 3.63) is 52.0 Å². The van der Waals surface area contributed by atoms with E-state index in [1.165, 1.54) is 23.1 Å². The number of benzene rings is 1. The highest BCUT2D eigenvalue weighted by Crippen LogP contribution is 2.26. The lowest BCUT2D eigenvalue weighted by Gasteiger charge is -2.22. The summed E-state index contributed by atoms with van der Waals surface area (Å²) >= 11 is 2.79. The Hall–Kier alpha value is -3.25. The molecule has 12 heteroatoms. The van der Waals surface area contributed by atoms with Crippen molar-refractivity contribution in [2.24, 2.45) is 15.9 Å². The van der Waals surface area contributed by atoms with Gasteiger partial charge < -0.3 is 20.7 Å². The van der Waals surface area contributed by atoms with E-state index in [1.807, 2.05) is 51.1 Å². The maximum atomic E-state index is 13.3. The molecule has 2 aromatic rings. The molecular formula is C27H32N6O4S2. The zero-order valence-electron chi connectivity index (χ0n) is 22.2. The van der Waals surface area contributed by atoms with E-state index in [0.29, 0.717) is 28.1 Å². The molecule has 39 heavy (non-hydrogen) atoms. The molecule has 4 heterocycles. The first kappa shape index (κ1) is 27.3. The smallest absolute Gasteiger partial charge is 0.271 e. The SMILES string of the molecule is CC(C)[C@H]1NC(=O)c2csc(n2)[C@@H](Cc2ccccc2)NC(=O)[C@H]2CSC(=N2)[C@@H](C)NC(=O)[C@H]2N=C1O[C@H]2C. The summed E-state index contributed by atoms with van der Waals surface area (Å²) in [4.78, 5) is 53.6. The molecule has 3 amide bonds. The van der Waals surface area contributed by atoms with Crippen molar-refractivity contribution in [2.45, 2.75) is 70.4 Å². The van der Waals surface area contributed by atoms with E-state index < -0.39 is 30.3 Å². The number of amides is 3. The first-order valence-corrected chi connectivity index (χ1v) is 14.9. The van der Waals surface area contributed by atoms with Crippen LogP contribution in [0, 0.1) is 5.92 Å². The first-order valence-electron chi connectivity index (χ1n) is 13.1. The number of hydrogen-bond acceptors (Lipinski definition) is 9. The van der Waals surface area contributed by atoms with Gasteiger partial charge in [0.15, 0.2) is 6.04 Å². The predicted molar refractivity (Wildman–Crippen MR) is 152 cm³/mol. The molecule has 0 unspecified atom stereocenters. The van der Waals surface area contributed by atoms with Crippen molar-refractivity contribution in [1.82, 2.24) is 20.9 Å². The van der Waals surface area contributed by atoms with E-state index in [9.17, 15) is 14.4 Å². The summed E-state index contributed by atoms with van der Waals surface area (Å²) < 4.78 is 5.98. The molecule has 5 rings (SSSR count). The highest BCUT2D eigenvalue weighted by Gasteiger charge is 2.39. The van der Waals surface area contributed by atoms with Crippen LogP contribution in [-0.4, -0.2) is 69.7 Å². The van der Waals surface area contributed by atoms with Crippen LogP contribution in [0.2, 0.25) is 0 Å². The van der Waals surface area contributed by atoms with Crippen molar-refractivity contribution in [3.8, 4) is 0 Å². The van der Waals surface area contributed by atoms with Crippen LogP contribution >= 0.6 is 23.1 Å². The third kappa shape index (κ3) is 6.01. The zero-order valence-corrected chi connectivity index (χ0v) is 23.8.